The van der Waals surface area contributed by atoms with E-state index < -0.39 is 6.04 Å². The number of likely N-dealkylation sites (tertiary alicyclic amines) is 1. The highest BCUT2D eigenvalue weighted by Gasteiger charge is 2.34. The summed E-state index contributed by atoms with van der Waals surface area (Å²) in [6, 6.07) is 6.54. The third kappa shape index (κ3) is 4.42. The van der Waals surface area contributed by atoms with Crippen LogP contribution in [0.25, 0.3) is 0 Å². The van der Waals surface area contributed by atoms with E-state index in [2.05, 4.69) is 5.32 Å². The number of nitrogens with zero attached hydrogens (tertiary/aromatic N) is 2. The normalized spacial score (nSPS) is 16.7. The second kappa shape index (κ2) is 8.83. The summed E-state index contributed by atoms with van der Waals surface area (Å²) in [4.78, 5) is 40.9. The molecule has 1 N–H and O–H groups in total. The predicted octanol–water partition coefficient (Wildman–Crippen LogP) is 2.75. The first-order chi connectivity index (χ1) is 12.4. The Balaban J connectivity index is 2.11. The molecule has 0 aromatic heterocycles. The lowest BCUT2D eigenvalue weighted by Gasteiger charge is -2.25. The van der Waals surface area contributed by atoms with E-state index in [4.69, 9.17) is 0 Å². The van der Waals surface area contributed by atoms with Gasteiger partial charge in [-0.1, -0.05) is 19.9 Å². The molecule has 0 radical (unpaired) electrons. The van der Waals surface area contributed by atoms with Gasteiger partial charge in [-0.25, -0.2) is 0 Å². The molecule has 3 amide bonds. The summed E-state index contributed by atoms with van der Waals surface area (Å²) < 4.78 is 0. The highest BCUT2D eigenvalue weighted by molar-refractivity contribution is 6.00. The summed E-state index contributed by atoms with van der Waals surface area (Å²) in [6.45, 7) is 9.47. The van der Waals surface area contributed by atoms with Crippen molar-refractivity contribution in [3.8, 4) is 0 Å². The fourth-order valence-corrected chi connectivity index (χ4v) is 3.28. The van der Waals surface area contributed by atoms with Gasteiger partial charge in [-0.05, 0) is 44.9 Å². The Kier molecular flexibility index (Phi) is 6.77. The predicted molar refractivity (Wildman–Crippen MR) is 102 cm³/mol. The molecule has 0 saturated carbocycles. The van der Waals surface area contributed by atoms with Crippen LogP contribution in [0.2, 0.25) is 0 Å². The molecule has 1 saturated heterocycles. The minimum Gasteiger partial charge on any atom is -0.339 e. The third-order valence-corrected chi connectivity index (χ3v) is 4.76. The molecule has 1 heterocycles. The average molecular weight is 359 g/mol. The van der Waals surface area contributed by atoms with Crippen molar-refractivity contribution in [1.82, 2.24) is 9.80 Å². The second-order valence-corrected chi connectivity index (χ2v) is 6.89. The van der Waals surface area contributed by atoms with Gasteiger partial charge in [-0.2, -0.15) is 0 Å². The topological polar surface area (TPSA) is 69.7 Å². The fraction of sp³-hybridized carbons (Fsp3) is 0.550. The highest BCUT2D eigenvalue weighted by atomic mass is 16.2. The summed E-state index contributed by atoms with van der Waals surface area (Å²) in [7, 11) is 0. The lowest BCUT2D eigenvalue weighted by atomic mass is 10.1. The number of anilines is 1. The van der Waals surface area contributed by atoms with Crippen molar-refractivity contribution in [1.29, 1.82) is 0 Å². The Bertz CT molecular complexity index is 668. The van der Waals surface area contributed by atoms with Crippen molar-refractivity contribution in [3.63, 3.8) is 0 Å². The number of rotatable bonds is 6. The van der Waals surface area contributed by atoms with Crippen LogP contribution in [0.4, 0.5) is 5.69 Å². The lowest BCUT2D eigenvalue weighted by molar-refractivity contribution is -0.139. The molecule has 1 unspecified atom stereocenters. The Morgan fingerprint density at radius 1 is 1.23 bits per heavy atom. The van der Waals surface area contributed by atoms with Crippen molar-refractivity contribution in [3.05, 3.63) is 29.8 Å². The van der Waals surface area contributed by atoms with Crippen molar-refractivity contribution in [2.45, 2.75) is 46.6 Å². The van der Waals surface area contributed by atoms with Gasteiger partial charge in [0.2, 0.25) is 11.8 Å². The maximum Gasteiger partial charge on any atom is 0.253 e. The number of carbonyl (C=O) groups is 3. The molecule has 1 fully saturated rings. The number of carbonyl (C=O) groups excluding carboxylic acids is 3. The number of hydrogen-bond donors (Lipinski definition) is 1. The third-order valence-electron chi connectivity index (χ3n) is 4.76. The van der Waals surface area contributed by atoms with Gasteiger partial charge in [0.15, 0.2) is 0 Å². The summed E-state index contributed by atoms with van der Waals surface area (Å²) >= 11 is 0. The van der Waals surface area contributed by atoms with Gasteiger partial charge < -0.3 is 15.1 Å². The maximum absolute atomic E-state index is 12.7. The van der Waals surface area contributed by atoms with Crippen molar-refractivity contribution >= 4 is 23.4 Å². The van der Waals surface area contributed by atoms with Gasteiger partial charge in [0.25, 0.3) is 5.91 Å². The zero-order valence-electron chi connectivity index (χ0n) is 16.1. The molecule has 0 bridgehead atoms. The van der Waals surface area contributed by atoms with Crippen LogP contribution in [-0.4, -0.2) is 53.2 Å². The molecule has 1 aliphatic rings. The largest absolute Gasteiger partial charge is 0.339 e. The van der Waals surface area contributed by atoms with Crippen LogP contribution in [0.5, 0.6) is 0 Å². The molecule has 0 aliphatic carbocycles. The minimum absolute atomic E-state index is 0.00751. The Hall–Kier alpha value is -2.37. The van der Waals surface area contributed by atoms with E-state index in [1.165, 1.54) is 0 Å². The zero-order valence-corrected chi connectivity index (χ0v) is 16.1. The van der Waals surface area contributed by atoms with Crippen LogP contribution in [0, 0.1) is 5.92 Å². The Morgan fingerprint density at radius 3 is 2.54 bits per heavy atom. The molecule has 1 atom stereocenters. The van der Waals surface area contributed by atoms with E-state index in [-0.39, 0.29) is 23.6 Å². The second-order valence-electron chi connectivity index (χ2n) is 6.89. The van der Waals surface area contributed by atoms with Crippen LogP contribution < -0.4 is 5.32 Å². The van der Waals surface area contributed by atoms with Gasteiger partial charge in [0.1, 0.15) is 6.04 Å². The Morgan fingerprint density at radius 2 is 1.92 bits per heavy atom. The SMILES string of the molecule is CCN(CC)C(=O)c1cccc(NC(=O)C2CCCN2C(=O)C(C)C)c1. The highest BCUT2D eigenvalue weighted by Crippen LogP contribution is 2.22. The van der Waals surface area contributed by atoms with E-state index in [0.29, 0.717) is 37.3 Å². The summed E-state index contributed by atoms with van der Waals surface area (Å²) in [5, 5.41) is 2.87. The molecule has 1 aromatic rings. The first-order valence-corrected chi connectivity index (χ1v) is 9.39. The lowest BCUT2D eigenvalue weighted by Crippen LogP contribution is -2.44. The van der Waals surface area contributed by atoms with Gasteiger partial charge in [0.05, 0.1) is 0 Å². The molecule has 2 rings (SSSR count). The van der Waals surface area contributed by atoms with Crippen molar-refractivity contribution in [2.24, 2.45) is 5.92 Å². The maximum atomic E-state index is 12.7. The number of nitrogens with one attached hydrogen (secondary N) is 1. The van der Waals surface area contributed by atoms with Crippen molar-refractivity contribution in [2.75, 3.05) is 25.0 Å². The smallest absolute Gasteiger partial charge is 0.253 e. The van der Waals surface area contributed by atoms with Gasteiger partial charge in [-0.15, -0.1) is 0 Å². The zero-order chi connectivity index (χ0) is 19.3. The van der Waals surface area contributed by atoms with E-state index in [0.717, 1.165) is 6.42 Å². The fourth-order valence-electron chi connectivity index (χ4n) is 3.28. The van der Waals surface area contributed by atoms with Gasteiger partial charge >= 0.3 is 0 Å². The molecule has 26 heavy (non-hydrogen) atoms. The van der Waals surface area contributed by atoms with E-state index >= 15 is 0 Å². The standard InChI is InChI=1S/C20H29N3O3/c1-5-22(6-2)20(26)15-9-7-10-16(13-15)21-18(24)17-11-8-12-23(17)19(25)14(3)4/h7,9-10,13-14,17H,5-6,8,11-12H2,1-4H3,(H,21,24). The van der Waals surface area contributed by atoms with E-state index in [1.807, 2.05) is 27.7 Å². The van der Waals surface area contributed by atoms with Crippen molar-refractivity contribution < 1.29 is 14.4 Å². The molecule has 1 aromatic carbocycles. The molecular weight excluding hydrogens is 330 g/mol. The minimum atomic E-state index is -0.438. The first-order valence-electron chi connectivity index (χ1n) is 9.39. The molecule has 0 spiro atoms. The van der Waals surface area contributed by atoms with Crippen LogP contribution >= 0.6 is 0 Å². The van der Waals surface area contributed by atoms with E-state index in [9.17, 15) is 14.4 Å². The van der Waals surface area contributed by atoms with Gasteiger partial charge in [-0.3, -0.25) is 14.4 Å². The molecule has 6 heteroatoms. The molecular formula is C20H29N3O3. The summed E-state index contributed by atoms with van der Waals surface area (Å²) in [5.41, 5.74) is 1.13. The average Bonchev–Trinajstić information content (AvgIpc) is 3.11. The monoisotopic (exact) mass is 359 g/mol. The molecule has 142 valence electrons. The van der Waals surface area contributed by atoms with Crippen LogP contribution in [0.3, 0.4) is 0 Å². The summed E-state index contributed by atoms with van der Waals surface area (Å²) in [6.07, 6.45) is 1.50. The molecule has 1 aliphatic heterocycles. The van der Waals surface area contributed by atoms with Crippen LogP contribution in [-0.2, 0) is 9.59 Å². The van der Waals surface area contributed by atoms with Gasteiger partial charge in [0, 0.05) is 36.8 Å². The quantitative estimate of drug-likeness (QED) is 0.849. The number of amides is 3. The van der Waals surface area contributed by atoms with Crippen LogP contribution in [0.15, 0.2) is 24.3 Å². The number of hydrogen-bond acceptors (Lipinski definition) is 3. The number of benzene rings is 1. The van der Waals surface area contributed by atoms with Crippen LogP contribution in [0.1, 0.15) is 50.9 Å². The Labute approximate surface area is 155 Å². The first kappa shape index (κ1) is 19.9. The van der Waals surface area contributed by atoms with E-state index in [1.54, 1.807) is 34.1 Å². The molecule has 6 nitrogen and oxygen atoms in total. The summed E-state index contributed by atoms with van der Waals surface area (Å²) in [5.74, 6) is -0.362.